The van der Waals surface area contributed by atoms with Crippen LogP contribution in [0.15, 0.2) is 234 Å². The van der Waals surface area contributed by atoms with Gasteiger partial charge in [-0.25, -0.2) is 0 Å². The lowest BCUT2D eigenvalue weighted by molar-refractivity contribution is 0.436. The first kappa shape index (κ1) is 34.0. The van der Waals surface area contributed by atoms with Crippen molar-refractivity contribution < 1.29 is 4.74 Å². The highest BCUT2D eigenvalue weighted by Crippen LogP contribution is 2.64. The molecular weight excluding hydrogens is 735 g/mol. The molecule has 0 saturated carbocycles. The van der Waals surface area contributed by atoms with E-state index in [1.54, 1.807) is 0 Å². The van der Waals surface area contributed by atoms with Crippen molar-refractivity contribution in [1.82, 2.24) is 0 Å². The number of para-hydroxylation sites is 3. The second-order valence-electron chi connectivity index (χ2n) is 15.5. The Labute approximate surface area is 349 Å². The summed E-state index contributed by atoms with van der Waals surface area (Å²) in [4.78, 5) is 5.02. The van der Waals surface area contributed by atoms with Crippen molar-refractivity contribution in [3.63, 3.8) is 0 Å². The van der Waals surface area contributed by atoms with Gasteiger partial charge in [-0.3, -0.25) is 0 Å². The van der Waals surface area contributed by atoms with Gasteiger partial charge in [0.15, 0.2) is 0 Å². The normalized spacial score (nSPS) is 14.4. The molecule has 2 heterocycles. The van der Waals surface area contributed by atoms with Gasteiger partial charge in [-0.05, 0) is 93.5 Å². The van der Waals surface area contributed by atoms with Gasteiger partial charge in [0.05, 0.1) is 16.5 Å². The van der Waals surface area contributed by atoms with E-state index in [1.165, 1.54) is 54.3 Å². The summed E-state index contributed by atoms with van der Waals surface area (Å²) in [6.45, 7) is 0. The van der Waals surface area contributed by atoms with Gasteiger partial charge in [0, 0.05) is 37.9 Å². The molecule has 9 aromatic carbocycles. The van der Waals surface area contributed by atoms with Crippen LogP contribution < -0.4 is 9.64 Å². The lowest BCUT2D eigenvalue weighted by atomic mass is 9.64. The van der Waals surface area contributed by atoms with Crippen LogP contribution >= 0.6 is 11.8 Å². The Kier molecular flexibility index (Phi) is 7.63. The van der Waals surface area contributed by atoms with Crippen molar-refractivity contribution in [2.24, 2.45) is 0 Å². The lowest BCUT2D eigenvalue weighted by Crippen LogP contribution is -2.34. The van der Waals surface area contributed by atoms with Crippen LogP contribution in [0.3, 0.4) is 0 Å². The molecule has 9 aromatic rings. The zero-order chi connectivity index (χ0) is 39.0. The average molecular weight is 772 g/mol. The first-order valence-electron chi connectivity index (χ1n) is 20.3. The molecule has 1 aliphatic carbocycles. The monoisotopic (exact) mass is 771 g/mol. The molecule has 0 radical (unpaired) electrons. The van der Waals surface area contributed by atoms with Gasteiger partial charge in [-0.2, -0.15) is 0 Å². The van der Waals surface area contributed by atoms with Gasteiger partial charge in [-0.1, -0.05) is 182 Å². The smallest absolute Gasteiger partial charge is 0.132 e. The lowest BCUT2D eigenvalue weighted by Gasteiger charge is -2.42. The van der Waals surface area contributed by atoms with Gasteiger partial charge in [0.25, 0.3) is 0 Å². The Morgan fingerprint density at radius 1 is 0.356 bits per heavy atom. The van der Waals surface area contributed by atoms with Crippen LogP contribution in [0.25, 0.3) is 11.1 Å². The maximum Gasteiger partial charge on any atom is 0.132 e. The molecule has 0 N–H and O–H groups in total. The van der Waals surface area contributed by atoms with Crippen LogP contribution in [0.1, 0.15) is 44.5 Å². The van der Waals surface area contributed by atoms with E-state index in [2.05, 4.69) is 229 Å². The highest BCUT2D eigenvalue weighted by molar-refractivity contribution is 7.99. The fourth-order valence-electron chi connectivity index (χ4n) is 10.4. The quantitative estimate of drug-likeness (QED) is 0.173. The number of ether oxygens (including phenoxy) is 1. The zero-order valence-corrected chi connectivity index (χ0v) is 32.9. The van der Waals surface area contributed by atoms with E-state index in [-0.39, 0.29) is 0 Å². The third-order valence-electron chi connectivity index (χ3n) is 12.7. The summed E-state index contributed by atoms with van der Waals surface area (Å²) in [6.07, 6.45) is 0. The first-order valence-corrected chi connectivity index (χ1v) is 21.1. The highest BCUT2D eigenvalue weighted by Gasteiger charge is 2.52. The van der Waals surface area contributed by atoms with Gasteiger partial charge in [0.2, 0.25) is 0 Å². The predicted octanol–water partition coefficient (Wildman–Crippen LogP) is 14.5. The molecule has 2 nitrogen and oxygen atoms in total. The largest absolute Gasteiger partial charge is 0.457 e. The molecule has 0 fully saturated rings. The van der Waals surface area contributed by atoms with Crippen molar-refractivity contribution in [3.8, 4) is 22.6 Å². The number of hydrogen-bond acceptors (Lipinski definition) is 3. The van der Waals surface area contributed by atoms with E-state index >= 15 is 0 Å². The minimum atomic E-state index is -0.568. The third kappa shape index (κ3) is 4.77. The molecule has 1 spiro atoms. The van der Waals surface area contributed by atoms with E-state index in [4.69, 9.17) is 4.74 Å². The summed E-state index contributed by atoms with van der Waals surface area (Å²) in [5.74, 6) is 1.79. The Bertz CT molecular complexity index is 2980. The number of hydrogen-bond donors (Lipinski definition) is 0. The van der Waals surface area contributed by atoms with Crippen molar-refractivity contribution in [1.29, 1.82) is 0 Å². The average Bonchev–Trinajstić information content (AvgIpc) is 3.60. The summed E-state index contributed by atoms with van der Waals surface area (Å²) in [6, 6.07) is 82.2. The number of nitrogens with zero attached hydrogens (tertiary/aromatic N) is 1. The number of fused-ring (bicyclic) bond motifs is 11. The fraction of sp³-hybridized carbons (Fsp3) is 0.0357. The Morgan fingerprint density at radius 3 is 1.56 bits per heavy atom. The second-order valence-corrected chi connectivity index (χ2v) is 16.6. The van der Waals surface area contributed by atoms with E-state index in [1.807, 2.05) is 11.8 Å². The highest BCUT2D eigenvalue weighted by atomic mass is 32.2. The first-order chi connectivity index (χ1) is 29.3. The van der Waals surface area contributed by atoms with E-state index in [0.29, 0.717) is 0 Å². The molecular formula is C56H37NOS. The minimum Gasteiger partial charge on any atom is -0.457 e. The molecule has 0 saturated heterocycles. The van der Waals surface area contributed by atoms with Crippen LogP contribution in [-0.2, 0) is 10.8 Å². The predicted molar refractivity (Wildman–Crippen MR) is 241 cm³/mol. The van der Waals surface area contributed by atoms with E-state index in [9.17, 15) is 0 Å². The van der Waals surface area contributed by atoms with Crippen molar-refractivity contribution >= 4 is 28.8 Å². The number of benzene rings is 9. The standard InChI is InChI=1S/C56H37NOS/c1-4-19-38(20-5-1)55(39-21-6-2-7-22-39)46-29-14-17-34-52(46)59-53-36-35-41(37-48(53)55)57(40-23-8-3-9-24-40)49-31-18-30-47-54(49)42-25-10-11-26-43(42)56(47)44-27-12-15-32-50(44)58-51-33-16-13-28-45(51)56/h1-37H. The van der Waals surface area contributed by atoms with Gasteiger partial charge in [0.1, 0.15) is 11.5 Å². The Balaban J connectivity index is 1.16. The van der Waals surface area contributed by atoms with Gasteiger partial charge >= 0.3 is 0 Å². The molecule has 0 bridgehead atoms. The van der Waals surface area contributed by atoms with Gasteiger partial charge in [-0.15, -0.1) is 0 Å². The van der Waals surface area contributed by atoms with Gasteiger partial charge < -0.3 is 9.64 Å². The molecule has 59 heavy (non-hydrogen) atoms. The third-order valence-corrected chi connectivity index (χ3v) is 13.8. The number of anilines is 3. The summed E-state index contributed by atoms with van der Waals surface area (Å²) in [5, 5.41) is 0. The maximum absolute atomic E-state index is 6.67. The van der Waals surface area contributed by atoms with Crippen LogP contribution in [0.5, 0.6) is 11.5 Å². The second kappa shape index (κ2) is 13.2. The summed E-state index contributed by atoms with van der Waals surface area (Å²) >= 11 is 1.87. The molecule has 12 rings (SSSR count). The summed E-state index contributed by atoms with van der Waals surface area (Å²) < 4.78 is 6.67. The molecule has 3 aliphatic rings. The van der Waals surface area contributed by atoms with Crippen molar-refractivity contribution in [2.45, 2.75) is 20.6 Å². The fourth-order valence-corrected chi connectivity index (χ4v) is 11.6. The van der Waals surface area contributed by atoms with E-state index in [0.717, 1.165) is 39.7 Å². The number of rotatable bonds is 5. The van der Waals surface area contributed by atoms with Crippen LogP contribution in [0.2, 0.25) is 0 Å². The molecule has 0 aromatic heterocycles. The summed E-state index contributed by atoms with van der Waals surface area (Å²) in [5.41, 5.74) is 14.6. The van der Waals surface area contributed by atoms with Crippen molar-refractivity contribution in [2.75, 3.05) is 4.90 Å². The molecule has 0 amide bonds. The van der Waals surface area contributed by atoms with Crippen molar-refractivity contribution in [3.05, 3.63) is 269 Å². The van der Waals surface area contributed by atoms with Crippen LogP contribution in [0.4, 0.5) is 17.1 Å². The van der Waals surface area contributed by atoms with Crippen LogP contribution in [-0.4, -0.2) is 0 Å². The van der Waals surface area contributed by atoms with Crippen LogP contribution in [0, 0.1) is 0 Å². The Hall–Kier alpha value is -7.07. The molecule has 0 atom stereocenters. The molecule has 2 aliphatic heterocycles. The minimum absolute atomic E-state index is 0.553. The maximum atomic E-state index is 6.67. The Morgan fingerprint density at radius 2 is 0.881 bits per heavy atom. The molecule has 3 heteroatoms. The summed E-state index contributed by atoms with van der Waals surface area (Å²) in [7, 11) is 0. The SMILES string of the molecule is c1ccc(N(c2ccc3c(c2)C(c2ccccc2)(c2ccccc2)c2ccccc2S3)c2cccc3c2-c2ccccc2C32c3ccccc3Oc3ccccc32)cc1. The van der Waals surface area contributed by atoms with E-state index < -0.39 is 10.8 Å². The topological polar surface area (TPSA) is 12.5 Å². The zero-order valence-electron chi connectivity index (χ0n) is 32.1. The molecule has 0 unspecified atom stereocenters. The molecule has 278 valence electrons.